The second kappa shape index (κ2) is 6.02. The van der Waals surface area contributed by atoms with Gasteiger partial charge in [0, 0.05) is 10.5 Å². The first-order valence-corrected chi connectivity index (χ1v) is 7.11. The maximum Gasteiger partial charge on any atom is 0.126 e. The molecule has 1 unspecified atom stereocenters. The molecule has 0 saturated carbocycles. The topological polar surface area (TPSA) is 12.0 Å². The molecule has 2 aromatic carbocycles. The van der Waals surface area contributed by atoms with E-state index in [4.69, 9.17) is 0 Å². The molecule has 20 heavy (non-hydrogen) atoms. The number of halogens is 3. The third kappa shape index (κ3) is 3.07. The van der Waals surface area contributed by atoms with Crippen LogP contribution in [0.15, 0.2) is 34.8 Å². The van der Waals surface area contributed by atoms with E-state index in [1.165, 1.54) is 12.1 Å². The van der Waals surface area contributed by atoms with Gasteiger partial charge in [0.15, 0.2) is 0 Å². The molecule has 4 heteroatoms. The standard InChI is InChI=1S/C16H16BrF2N/c1-9-5-15(17)10(2)4-14(9)16(20-3)11-6-12(18)8-13(19)7-11/h4-8,16,20H,1-3H3. The van der Waals surface area contributed by atoms with Gasteiger partial charge in [0.25, 0.3) is 0 Å². The lowest BCUT2D eigenvalue weighted by Gasteiger charge is -2.21. The van der Waals surface area contributed by atoms with E-state index in [2.05, 4.69) is 21.2 Å². The molecule has 2 aromatic rings. The van der Waals surface area contributed by atoms with Gasteiger partial charge in [-0.05, 0) is 61.3 Å². The molecule has 0 heterocycles. The normalized spacial score (nSPS) is 12.5. The molecular formula is C16H16BrF2N. The van der Waals surface area contributed by atoms with Crippen molar-refractivity contribution in [3.63, 3.8) is 0 Å². The highest BCUT2D eigenvalue weighted by molar-refractivity contribution is 9.10. The number of hydrogen-bond acceptors (Lipinski definition) is 1. The highest BCUT2D eigenvalue weighted by Crippen LogP contribution is 2.29. The summed E-state index contributed by atoms with van der Waals surface area (Å²) in [4.78, 5) is 0. The van der Waals surface area contributed by atoms with Crippen molar-refractivity contribution in [1.82, 2.24) is 5.32 Å². The van der Waals surface area contributed by atoms with Crippen molar-refractivity contribution in [2.45, 2.75) is 19.9 Å². The molecule has 0 amide bonds. The van der Waals surface area contributed by atoms with Gasteiger partial charge in [0.05, 0.1) is 6.04 Å². The molecule has 0 saturated heterocycles. The first-order chi connectivity index (χ1) is 9.42. The molecule has 1 nitrogen and oxygen atoms in total. The van der Waals surface area contributed by atoms with Gasteiger partial charge in [-0.2, -0.15) is 0 Å². The lowest BCUT2D eigenvalue weighted by atomic mass is 9.93. The molecule has 0 aliphatic rings. The molecule has 0 radical (unpaired) electrons. The highest BCUT2D eigenvalue weighted by Gasteiger charge is 2.17. The van der Waals surface area contributed by atoms with Crippen molar-refractivity contribution in [3.8, 4) is 0 Å². The van der Waals surface area contributed by atoms with E-state index in [9.17, 15) is 8.78 Å². The molecule has 0 fully saturated rings. The van der Waals surface area contributed by atoms with Crippen molar-refractivity contribution in [2.24, 2.45) is 0 Å². The van der Waals surface area contributed by atoms with Crippen molar-refractivity contribution in [2.75, 3.05) is 7.05 Å². The Hall–Kier alpha value is -1.26. The zero-order chi connectivity index (χ0) is 14.9. The van der Waals surface area contributed by atoms with Crippen LogP contribution in [0.5, 0.6) is 0 Å². The Kier molecular flexibility index (Phi) is 4.55. The summed E-state index contributed by atoms with van der Waals surface area (Å²) in [5.41, 5.74) is 3.74. The van der Waals surface area contributed by atoms with E-state index in [0.29, 0.717) is 5.56 Å². The van der Waals surface area contributed by atoms with E-state index in [0.717, 1.165) is 27.2 Å². The van der Waals surface area contributed by atoms with Crippen molar-refractivity contribution < 1.29 is 8.78 Å². The Balaban J connectivity index is 2.55. The van der Waals surface area contributed by atoms with Crippen LogP contribution in [0.2, 0.25) is 0 Å². The quantitative estimate of drug-likeness (QED) is 0.857. The second-order valence-electron chi connectivity index (χ2n) is 4.88. The number of rotatable bonds is 3. The van der Waals surface area contributed by atoms with Gasteiger partial charge in [-0.1, -0.05) is 22.0 Å². The monoisotopic (exact) mass is 339 g/mol. The van der Waals surface area contributed by atoms with Gasteiger partial charge < -0.3 is 5.32 Å². The number of hydrogen-bond donors (Lipinski definition) is 1. The van der Waals surface area contributed by atoms with Crippen LogP contribution in [0.4, 0.5) is 8.78 Å². The number of benzene rings is 2. The van der Waals surface area contributed by atoms with Gasteiger partial charge in [-0.3, -0.25) is 0 Å². The minimum Gasteiger partial charge on any atom is -0.309 e. The van der Waals surface area contributed by atoms with Crippen LogP contribution in [0, 0.1) is 25.5 Å². The van der Waals surface area contributed by atoms with Crippen LogP contribution < -0.4 is 5.32 Å². The van der Waals surface area contributed by atoms with Crippen LogP contribution in [0.25, 0.3) is 0 Å². The van der Waals surface area contributed by atoms with Crippen LogP contribution in [0.3, 0.4) is 0 Å². The van der Waals surface area contributed by atoms with E-state index >= 15 is 0 Å². The molecule has 0 aliphatic heterocycles. The molecule has 1 N–H and O–H groups in total. The summed E-state index contributed by atoms with van der Waals surface area (Å²) >= 11 is 3.49. The largest absolute Gasteiger partial charge is 0.309 e. The maximum atomic E-state index is 13.4. The third-order valence-corrected chi connectivity index (χ3v) is 4.22. The summed E-state index contributed by atoms with van der Waals surface area (Å²) in [6.07, 6.45) is 0. The van der Waals surface area contributed by atoms with Crippen LogP contribution in [-0.4, -0.2) is 7.05 Å². The van der Waals surface area contributed by atoms with Gasteiger partial charge in [-0.15, -0.1) is 0 Å². The van der Waals surface area contributed by atoms with Crippen LogP contribution in [-0.2, 0) is 0 Å². The number of nitrogens with one attached hydrogen (secondary N) is 1. The molecule has 2 rings (SSSR count). The average Bonchev–Trinajstić information content (AvgIpc) is 2.35. The van der Waals surface area contributed by atoms with E-state index in [-0.39, 0.29) is 6.04 Å². The van der Waals surface area contributed by atoms with Crippen LogP contribution in [0.1, 0.15) is 28.3 Å². The smallest absolute Gasteiger partial charge is 0.126 e. The fourth-order valence-corrected chi connectivity index (χ4v) is 2.82. The first-order valence-electron chi connectivity index (χ1n) is 6.32. The minimum atomic E-state index is -0.563. The summed E-state index contributed by atoms with van der Waals surface area (Å²) in [7, 11) is 1.78. The summed E-state index contributed by atoms with van der Waals surface area (Å²) in [5.74, 6) is -1.13. The lowest BCUT2D eigenvalue weighted by Crippen LogP contribution is -2.19. The lowest BCUT2D eigenvalue weighted by molar-refractivity contribution is 0.571. The zero-order valence-electron chi connectivity index (χ0n) is 11.6. The van der Waals surface area contributed by atoms with Gasteiger partial charge >= 0.3 is 0 Å². The molecule has 0 bridgehead atoms. The van der Waals surface area contributed by atoms with Crippen molar-refractivity contribution >= 4 is 15.9 Å². The Morgan fingerprint density at radius 1 is 0.950 bits per heavy atom. The fraction of sp³-hybridized carbons (Fsp3) is 0.250. The van der Waals surface area contributed by atoms with Crippen molar-refractivity contribution in [1.29, 1.82) is 0 Å². The molecule has 0 spiro atoms. The Labute approximate surface area is 126 Å². The van der Waals surface area contributed by atoms with E-state index in [1.54, 1.807) is 7.05 Å². The van der Waals surface area contributed by atoms with Gasteiger partial charge in [-0.25, -0.2) is 8.78 Å². The van der Waals surface area contributed by atoms with E-state index < -0.39 is 11.6 Å². The Bertz CT molecular complexity index is 620. The minimum absolute atomic E-state index is 0.244. The molecule has 0 aromatic heterocycles. The first kappa shape index (κ1) is 15.1. The van der Waals surface area contributed by atoms with E-state index in [1.807, 2.05) is 26.0 Å². The Morgan fingerprint density at radius 2 is 1.55 bits per heavy atom. The molecule has 106 valence electrons. The van der Waals surface area contributed by atoms with Gasteiger partial charge in [0.2, 0.25) is 0 Å². The third-order valence-electron chi connectivity index (χ3n) is 3.37. The summed E-state index contributed by atoms with van der Waals surface area (Å²) in [5, 5.41) is 3.13. The van der Waals surface area contributed by atoms with Crippen LogP contribution >= 0.6 is 15.9 Å². The average molecular weight is 340 g/mol. The second-order valence-corrected chi connectivity index (χ2v) is 5.74. The number of aryl methyl sites for hydroxylation is 2. The molecule has 1 atom stereocenters. The summed E-state index contributed by atoms with van der Waals surface area (Å²) in [6, 6.07) is 7.42. The predicted octanol–water partition coefficient (Wildman–Crippen LogP) is 4.65. The van der Waals surface area contributed by atoms with Gasteiger partial charge in [0.1, 0.15) is 11.6 Å². The SMILES string of the molecule is CNC(c1cc(F)cc(F)c1)c1cc(C)c(Br)cc1C. The van der Waals surface area contributed by atoms with Crippen molar-refractivity contribution in [3.05, 3.63) is 68.7 Å². The maximum absolute atomic E-state index is 13.4. The Morgan fingerprint density at radius 3 is 2.10 bits per heavy atom. The molecular weight excluding hydrogens is 324 g/mol. The summed E-state index contributed by atoms with van der Waals surface area (Å²) < 4.78 is 27.8. The molecule has 0 aliphatic carbocycles. The highest BCUT2D eigenvalue weighted by atomic mass is 79.9. The fourth-order valence-electron chi connectivity index (χ4n) is 2.36. The summed E-state index contributed by atoms with van der Waals surface area (Å²) in [6.45, 7) is 3.98. The zero-order valence-corrected chi connectivity index (χ0v) is 13.2. The predicted molar refractivity (Wildman–Crippen MR) is 80.9 cm³/mol.